The van der Waals surface area contributed by atoms with Gasteiger partial charge in [0.05, 0.1) is 18.8 Å². The molecule has 1 saturated heterocycles. The number of ether oxygens (including phenoxy) is 2. The molecule has 4 rings (SSSR count). The highest BCUT2D eigenvalue weighted by molar-refractivity contribution is 5.73. The zero-order chi connectivity index (χ0) is 28.2. The van der Waals surface area contributed by atoms with E-state index in [2.05, 4.69) is 6.92 Å². The van der Waals surface area contributed by atoms with E-state index >= 15 is 0 Å². The number of halogens is 7. The van der Waals surface area contributed by atoms with E-state index in [1.54, 1.807) is 24.3 Å². The van der Waals surface area contributed by atoms with Crippen LogP contribution in [0.5, 0.6) is 0 Å². The van der Waals surface area contributed by atoms with Crippen molar-refractivity contribution in [1.29, 1.82) is 0 Å². The lowest BCUT2D eigenvalue weighted by atomic mass is 9.97. The van der Waals surface area contributed by atoms with E-state index in [1.165, 1.54) is 6.42 Å². The van der Waals surface area contributed by atoms with Gasteiger partial charge in [-0.05, 0) is 53.5 Å². The highest BCUT2D eigenvalue weighted by Crippen LogP contribution is 2.34. The second-order valence-corrected chi connectivity index (χ2v) is 9.53. The van der Waals surface area contributed by atoms with E-state index in [9.17, 15) is 30.7 Å². The molecule has 9 heteroatoms. The van der Waals surface area contributed by atoms with Gasteiger partial charge in [0.2, 0.25) is 0 Å². The Kier molecular flexibility index (Phi) is 9.12. The summed E-state index contributed by atoms with van der Waals surface area (Å²) in [5, 5.41) is 0. The van der Waals surface area contributed by atoms with E-state index in [1.807, 2.05) is 0 Å². The molecule has 0 amide bonds. The number of unbranched alkanes of at least 4 members (excludes halogenated alkanes) is 2. The minimum absolute atomic E-state index is 0.187. The second kappa shape index (κ2) is 12.3. The largest absolute Gasteiger partial charge is 0.409 e. The van der Waals surface area contributed by atoms with Crippen LogP contribution < -0.4 is 0 Å². The molecule has 0 aliphatic carbocycles. The Balaban J connectivity index is 1.50. The number of hydrogen-bond acceptors (Lipinski definition) is 2. The Morgan fingerprint density at radius 2 is 1.33 bits per heavy atom. The van der Waals surface area contributed by atoms with Gasteiger partial charge in [-0.2, -0.15) is 13.2 Å². The number of benzene rings is 3. The predicted octanol–water partition coefficient (Wildman–Crippen LogP) is 9.39. The fourth-order valence-electron chi connectivity index (χ4n) is 4.50. The molecule has 0 unspecified atom stereocenters. The lowest BCUT2D eigenvalue weighted by Crippen LogP contribution is -2.27. The lowest BCUT2D eigenvalue weighted by Gasteiger charge is -2.29. The first-order valence-electron chi connectivity index (χ1n) is 12.6. The van der Waals surface area contributed by atoms with Gasteiger partial charge < -0.3 is 9.47 Å². The summed E-state index contributed by atoms with van der Waals surface area (Å²) in [6, 6.07) is 10.0. The summed E-state index contributed by atoms with van der Waals surface area (Å²) in [6.45, 7) is 3.33. The third-order valence-electron chi connectivity index (χ3n) is 6.55. The van der Waals surface area contributed by atoms with Gasteiger partial charge >= 0.3 is 6.18 Å². The fraction of sp³-hybridized carbons (Fsp3) is 0.333. The summed E-state index contributed by atoms with van der Waals surface area (Å²) >= 11 is 0. The van der Waals surface area contributed by atoms with Crippen LogP contribution >= 0.6 is 0 Å². The van der Waals surface area contributed by atoms with Crippen molar-refractivity contribution in [1.82, 2.24) is 0 Å². The molecule has 2 nitrogen and oxygen atoms in total. The average Bonchev–Trinajstić information content (AvgIpc) is 2.88. The minimum Gasteiger partial charge on any atom is -0.348 e. The van der Waals surface area contributed by atoms with Gasteiger partial charge in [-0.25, -0.2) is 17.6 Å². The Hall–Kier alpha value is -3.17. The molecule has 0 aromatic heterocycles. The average molecular weight is 553 g/mol. The molecule has 1 fully saturated rings. The molecule has 1 heterocycles. The maximum atomic E-state index is 15.0. The Bertz CT molecular complexity index is 1260. The van der Waals surface area contributed by atoms with Gasteiger partial charge in [-0.15, -0.1) is 0 Å². The summed E-state index contributed by atoms with van der Waals surface area (Å²) in [6.07, 6.45) is -0.911. The van der Waals surface area contributed by atoms with E-state index in [4.69, 9.17) is 9.47 Å². The van der Waals surface area contributed by atoms with Crippen LogP contribution in [0, 0.1) is 29.2 Å². The molecule has 1 aliphatic heterocycles. The van der Waals surface area contributed by atoms with Gasteiger partial charge in [0.25, 0.3) is 0 Å². The highest BCUT2D eigenvalue weighted by Gasteiger charge is 2.25. The van der Waals surface area contributed by atoms with Crippen LogP contribution in [-0.2, 0) is 9.47 Å². The topological polar surface area (TPSA) is 18.5 Å². The van der Waals surface area contributed by atoms with Crippen molar-refractivity contribution in [3.05, 3.63) is 89.0 Å². The first kappa shape index (κ1) is 28.8. The number of rotatable bonds is 8. The molecule has 208 valence electrons. The van der Waals surface area contributed by atoms with Crippen LogP contribution in [0.3, 0.4) is 0 Å². The molecule has 1 aliphatic rings. The number of hydrogen-bond donors (Lipinski definition) is 0. The van der Waals surface area contributed by atoms with E-state index in [-0.39, 0.29) is 17.7 Å². The highest BCUT2D eigenvalue weighted by atomic mass is 19.4. The minimum atomic E-state index is -4.78. The quantitative estimate of drug-likeness (QED) is 0.205. The van der Waals surface area contributed by atoms with Gasteiger partial charge in [-0.1, -0.05) is 50.5 Å². The van der Waals surface area contributed by atoms with Crippen molar-refractivity contribution in [3.63, 3.8) is 0 Å². The SMILES string of the molecule is CCCCCC1COC(c2ccc(-c3cc(F)c(-c4cc(F)c(/C=C/C(F)(F)F)c(F)c4)c(F)c3)cc2)OC1. The van der Waals surface area contributed by atoms with Gasteiger partial charge in [-0.3, -0.25) is 0 Å². The summed E-state index contributed by atoms with van der Waals surface area (Å²) in [5.74, 6) is -4.59. The molecule has 3 aromatic carbocycles. The van der Waals surface area contributed by atoms with E-state index in [0.717, 1.165) is 37.0 Å². The van der Waals surface area contributed by atoms with Crippen molar-refractivity contribution in [3.8, 4) is 22.3 Å². The van der Waals surface area contributed by atoms with Gasteiger partial charge in [0.1, 0.15) is 23.3 Å². The zero-order valence-corrected chi connectivity index (χ0v) is 21.1. The van der Waals surface area contributed by atoms with Crippen molar-refractivity contribution in [2.24, 2.45) is 5.92 Å². The monoisotopic (exact) mass is 552 g/mol. The Labute approximate surface area is 222 Å². The van der Waals surface area contributed by atoms with Crippen LogP contribution in [0.1, 0.15) is 50.0 Å². The van der Waals surface area contributed by atoms with E-state index in [0.29, 0.717) is 36.8 Å². The van der Waals surface area contributed by atoms with Crippen molar-refractivity contribution in [2.45, 2.75) is 45.1 Å². The van der Waals surface area contributed by atoms with Crippen molar-refractivity contribution in [2.75, 3.05) is 13.2 Å². The van der Waals surface area contributed by atoms with Crippen LogP contribution in [0.15, 0.2) is 54.6 Å². The molecular weight excluding hydrogens is 525 g/mol. The summed E-state index contributed by atoms with van der Waals surface area (Å²) in [4.78, 5) is 0. The fourth-order valence-corrected chi connectivity index (χ4v) is 4.50. The maximum absolute atomic E-state index is 15.0. The third-order valence-corrected chi connectivity index (χ3v) is 6.55. The molecule has 0 N–H and O–H groups in total. The number of alkyl halides is 3. The lowest BCUT2D eigenvalue weighted by molar-refractivity contribution is -0.206. The molecule has 0 spiro atoms. The smallest absolute Gasteiger partial charge is 0.348 e. The van der Waals surface area contributed by atoms with Gasteiger partial charge in [0.15, 0.2) is 6.29 Å². The third kappa shape index (κ3) is 7.28. The Morgan fingerprint density at radius 1 is 0.769 bits per heavy atom. The molecule has 3 aromatic rings. The summed E-state index contributed by atoms with van der Waals surface area (Å²) in [5.41, 5.74) is -0.711. The van der Waals surface area contributed by atoms with Crippen molar-refractivity contribution < 1.29 is 40.2 Å². The van der Waals surface area contributed by atoms with Gasteiger partial charge in [0, 0.05) is 23.1 Å². The molecule has 0 radical (unpaired) electrons. The maximum Gasteiger partial charge on any atom is 0.409 e. The first-order valence-corrected chi connectivity index (χ1v) is 12.6. The zero-order valence-electron chi connectivity index (χ0n) is 21.1. The van der Waals surface area contributed by atoms with E-state index < -0.39 is 52.4 Å². The number of allylic oxidation sites excluding steroid dienone is 1. The summed E-state index contributed by atoms with van der Waals surface area (Å²) < 4.78 is 107. The molecular formula is C30H27F7O2. The van der Waals surface area contributed by atoms with Crippen molar-refractivity contribution >= 4 is 6.08 Å². The summed E-state index contributed by atoms with van der Waals surface area (Å²) in [7, 11) is 0. The predicted molar refractivity (Wildman–Crippen MR) is 135 cm³/mol. The molecule has 0 saturated carbocycles. The standard InChI is InChI=1S/C30H27F7O2/c1-2-3-4-5-18-16-38-29(39-17-18)20-8-6-19(7-9-20)21-12-26(33)28(27(34)13-21)22-14-24(31)23(25(32)15-22)10-11-30(35,36)37/h6-15,18,29H,2-5,16-17H2,1H3/b11-10+. The first-order chi connectivity index (χ1) is 18.6. The molecule has 0 atom stereocenters. The van der Waals surface area contributed by atoms with Crippen LogP contribution in [0.2, 0.25) is 0 Å². The molecule has 39 heavy (non-hydrogen) atoms. The molecule has 0 bridgehead atoms. The van der Waals surface area contributed by atoms with Crippen LogP contribution in [0.25, 0.3) is 28.3 Å². The Morgan fingerprint density at radius 3 is 1.87 bits per heavy atom. The van der Waals surface area contributed by atoms with Crippen LogP contribution in [0.4, 0.5) is 30.7 Å². The van der Waals surface area contributed by atoms with Crippen LogP contribution in [-0.4, -0.2) is 19.4 Å². The normalized spacial score (nSPS) is 18.2. The second-order valence-electron chi connectivity index (χ2n) is 9.53.